The normalized spacial score (nSPS) is 19.9. The Morgan fingerprint density at radius 2 is 2.18 bits per heavy atom. The third-order valence-electron chi connectivity index (χ3n) is 4.45. The molecule has 0 bridgehead atoms. The lowest BCUT2D eigenvalue weighted by molar-refractivity contribution is 0.0787. The molecule has 1 saturated heterocycles. The number of hydrogen-bond donors (Lipinski definition) is 0. The molecule has 0 radical (unpaired) electrons. The number of likely N-dealkylation sites (tertiary alicyclic amines) is 1. The van der Waals surface area contributed by atoms with Crippen molar-refractivity contribution < 1.29 is 13.6 Å². The van der Waals surface area contributed by atoms with Gasteiger partial charge in [-0.05, 0) is 48.1 Å². The van der Waals surface area contributed by atoms with Gasteiger partial charge in [-0.2, -0.15) is 0 Å². The minimum atomic E-state index is -0.909. The molecule has 114 valence electrons. The van der Waals surface area contributed by atoms with Crippen molar-refractivity contribution in [1.82, 2.24) is 4.90 Å². The molecule has 4 rings (SSSR count). The van der Waals surface area contributed by atoms with Gasteiger partial charge < -0.3 is 4.90 Å². The number of carbonyl (C=O) groups excluding carboxylic acids is 1. The molecule has 1 amide bonds. The fourth-order valence-electron chi connectivity index (χ4n) is 3.29. The number of benzene rings is 1. The average Bonchev–Trinajstić information content (AvgIpc) is 3.13. The van der Waals surface area contributed by atoms with Gasteiger partial charge in [0.2, 0.25) is 0 Å². The SMILES string of the molecule is O=C(c1cc2c(s1)-c1cccc(F)c1CC2)N1CCC(F)C1. The van der Waals surface area contributed by atoms with E-state index in [0.717, 1.165) is 28.0 Å². The Hall–Kier alpha value is -1.75. The molecule has 22 heavy (non-hydrogen) atoms. The van der Waals surface area contributed by atoms with Crippen molar-refractivity contribution in [2.45, 2.75) is 25.4 Å². The van der Waals surface area contributed by atoms with Gasteiger partial charge in [0.15, 0.2) is 0 Å². The lowest BCUT2D eigenvalue weighted by Gasteiger charge is -2.16. The molecular weight excluding hydrogens is 304 g/mol. The van der Waals surface area contributed by atoms with Crippen LogP contribution in [0.15, 0.2) is 24.3 Å². The zero-order chi connectivity index (χ0) is 15.3. The summed E-state index contributed by atoms with van der Waals surface area (Å²) in [6, 6.07) is 7.00. The van der Waals surface area contributed by atoms with Crippen LogP contribution in [-0.2, 0) is 12.8 Å². The summed E-state index contributed by atoms with van der Waals surface area (Å²) in [7, 11) is 0. The molecule has 1 fully saturated rings. The highest BCUT2D eigenvalue weighted by atomic mass is 32.1. The number of fused-ring (bicyclic) bond motifs is 3. The first-order chi connectivity index (χ1) is 10.6. The number of thiophene rings is 1. The van der Waals surface area contributed by atoms with Gasteiger partial charge in [-0.15, -0.1) is 11.3 Å². The molecule has 5 heteroatoms. The van der Waals surface area contributed by atoms with Crippen LogP contribution in [0.25, 0.3) is 10.4 Å². The van der Waals surface area contributed by atoms with Gasteiger partial charge >= 0.3 is 0 Å². The van der Waals surface area contributed by atoms with Crippen molar-refractivity contribution in [3.63, 3.8) is 0 Å². The summed E-state index contributed by atoms with van der Waals surface area (Å²) in [4.78, 5) is 15.7. The van der Waals surface area contributed by atoms with Crippen LogP contribution in [0, 0.1) is 5.82 Å². The van der Waals surface area contributed by atoms with E-state index < -0.39 is 6.17 Å². The van der Waals surface area contributed by atoms with E-state index >= 15 is 0 Å². The maximum atomic E-state index is 13.9. The lowest BCUT2D eigenvalue weighted by Crippen LogP contribution is -2.28. The molecule has 1 aromatic heterocycles. The summed E-state index contributed by atoms with van der Waals surface area (Å²) in [5.41, 5.74) is 2.73. The van der Waals surface area contributed by atoms with Gasteiger partial charge in [-0.1, -0.05) is 12.1 Å². The van der Waals surface area contributed by atoms with E-state index in [4.69, 9.17) is 0 Å². The average molecular weight is 319 g/mol. The minimum Gasteiger partial charge on any atom is -0.335 e. The van der Waals surface area contributed by atoms with Crippen molar-refractivity contribution in [3.05, 3.63) is 46.1 Å². The van der Waals surface area contributed by atoms with E-state index in [2.05, 4.69) is 0 Å². The third-order valence-corrected chi connectivity index (χ3v) is 5.64. The van der Waals surface area contributed by atoms with Gasteiger partial charge in [0.1, 0.15) is 12.0 Å². The molecule has 0 saturated carbocycles. The van der Waals surface area contributed by atoms with Crippen molar-refractivity contribution >= 4 is 17.2 Å². The summed E-state index contributed by atoms with van der Waals surface area (Å²) >= 11 is 1.40. The molecule has 0 spiro atoms. The predicted molar refractivity (Wildman–Crippen MR) is 82.5 cm³/mol. The summed E-state index contributed by atoms with van der Waals surface area (Å²) in [5, 5.41) is 0. The molecule has 2 aromatic rings. The first-order valence-electron chi connectivity index (χ1n) is 7.47. The van der Waals surface area contributed by atoms with Crippen LogP contribution in [-0.4, -0.2) is 30.1 Å². The highest BCUT2D eigenvalue weighted by Crippen LogP contribution is 2.40. The number of rotatable bonds is 1. The van der Waals surface area contributed by atoms with E-state index in [1.165, 1.54) is 17.4 Å². The maximum Gasteiger partial charge on any atom is 0.264 e. The van der Waals surface area contributed by atoms with Crippen LogP contribution in [0.2, 0.25) is 0 Å². The van der Waals surface area contributed by atoms with Crippen molar-refractivity contribution in [2.75, 3.05) is 13.1 Å². The van der Waals surface area contributed by atoms with Gasteiger partial charge in [-0.25, -0.2) is 8.78 Å². The number of hydrogen-bond acceptors (Lipinski definition) is 2. The molecule has 1 aliphatic carbocycles. The number of alkyl halides is 1. The molecule has 2 aliphatic rings. The largest absolute Gasteiger partial charge is 0.335 e. The van der Waals surface area contributed by atoms with Gasteiger partial charge in [-0.3, -0.25) is 4.79 Å². The highest BCUT2D eigenvalue weighted by Gasteiger charge is 2.29. The van der Waals surface area contributed by atoms with Gasteiger partial charge in [0, 0.05) is 11.4 Å². The summed E-state index contributed by atoms with van der Waals surface area (Å²) in [6.07, 6.45) is 0.924. The summed E-state index contributed by atoms with van der Waals surface area (Å²) < 4.78 is 27.2. The zero-order valence-corrected chi connectivity index (χ0v) is 12.8. The van der Waals surface area contributed by atoms with Crippen molar-refractivity contribution in [1.29, 1.82) is 0 Å². The topological polar surface area (TPSA) is 20.3 Å². The second-order valence-electron chi connectivity index (χ2n) is 5.87. The van der Waals surface area contributed by atoms with Crippen molar-refractivity contribution in [2.24, 2.45) is 0 Å². The smallest absolute Gasteiger partial charge is 0.264 e. The first kappa shape index (κ1) is 13.9. The number of aryl methyl sites for hydroxylation is 1. The second-order valence-corrected chi connectivity index (χ2v) is 6.92. The molecule has 1 unspecified atom stereocenters. The Kier molecular flexibility index (Phi) is 3.26. The van der Waals surface area contributed by atoms with Crippen LogP contribution in [0.4, 0.5) is 8.78 Å². The van der Waals surface area contributed by atoms with E-state index in [9.17, 15) is 13.6 Å². The lowest BCUT2D eigenvalue weighted by atomic mass is 9.91. The molecule has 1 aliphatic heterocycles. The molecule has 2 nitrogen and oxygen atoms in total. The maximum absolute atomic E-state index is 13.9. The second kappa shape index (κ2) is 5.16. The van der Waals surface area contributed by atoms with E-state index in [1.807, 2.05) is 12.1 Å². The number of halogens is 2. The van der Waals surface area contributed by atoms with Crippen molar-refractivity contribution in [3.8, 4) is 10.4 Å². The van der Waals surface area contributed by atoms with Gasteiger partial charge in [0.25, 0.3) is 5.91 Å². The minimum absolute atomic E-state index is 0.0995. The summed E-state index contributed by atoms with van der Waals surface area (Å²) in [6.45, 7) is 0.667. The monoisotopic (exact) mass is 319 g/mol. The Balaban J connectivity index is 1.71. The quantitative estimate of drug-likeness (QED) is 0.782. The van der Waals surface area contributed by atoms with E-state index in [0.29, 0.717) is 24.3 Å². The molecule has 0 N–H and O–H groups in total. The van der Waals surface area contributed by atoms with Crippen LogP contribution < -0.4 is 0 Å². The number of amides is 1. The first-order valence-corrected chi connectivity index (χ1v) is 8.29. The molecule has 1 atom stereocenters. The number of nitrogens with zero attached hydrogens (tertiary/aromatic N) is 1. The summed E-state index contributed by atoms with van der Waals surface area (Å²) in [5.74, 6) is -0.276. The van der Waals surface area contributed by atoms with Crippen LogP contribution in [0.5, 0.6) is 0 Å². The van der Waals surface area contributed by atoms with E-state index in [1.54, 1.807) is 11.0 Å². The molecule has 1 aromatic carbocycles. The fourth-order valence-corrected chi connectivity index (χ4v) is 4.52. The zero-order valence-electron chi connectivity index (χ0n) is 11.9. The number of carbonyl (C=O) groups is 1. The van der Waals surface area contributed by atoms with Crippen LogP contribution >= 0.6 is 11.3 Å². The predicted octanol–water partition coefficient (Wildman–Crippen LogP) is 3.84. The highest BCUT2D eigenvalue weighted by molar-refractivity contribution is 7.17. The van der Waals surface area contributed by atoms with Crippen LogP contribution in [0.3, 0.4) is 0 Å². The molecular formula is C17H15F2NOS. The fraction of sp³-hybridized carbons (Fsp3) is 0.353. The molecule has 2 heterocycles. The van der Waals surface area contributed by atoms with Gasteiger partial charge in [0.05, 0.1) is 11.4 Å². The Morgan fingerprint density at radius 3 is 2.95 bits per heavy atom. The van der Waals surface area contributed by atoms with Crippen LogP contribution in [0.1, 0.15) is 27.2 Å². The Labute approximate surface area is 131 Å². The standard InChI is InChI=1S/C17H15F2NOS/c18-11-6-7-20(9-11)17(21)15-8-10-4-5-12-13(16(10)22-15)2-1-3-14(12)19/h1-3,8,11H,4-7,9H2. The van der Waals surface area contributed by atoms with E-state index in [-0.39, 0.29) is 18.3 Å². The third kappa shape index (κ3) is 2.15. The Bertz CT molecular complexity index is 755. The Morgan fingerprint density at radius 1 is 1.32 bits per heavy atom.